The zero-order valence-electron chi connectivity index (χ0n) is 11.2. The normalized spacial score (nSPS) is 13.3. The summed E-state index contributed by atoms with van der Waals surface area (Å²) >= 11 is 0. The molecule has 0 aliphatic carbocycles. The predicted octanol–water partition coefficient (Wildman–Crippen LogP) is 1.84. The van der Waals surface area contributed by atoms with Crippen molar-refractivity contribution in [2.24, 2.45) is 0 Å². The van der Waals surface area contributed by atoms with Crippen LogP contribution < -0.4 is 14.8 Å². The summed E-state index contributed by atoms with van der Waals surface area (Å²) in [7, 11) is 0. The minimum Gasteiger partial charge on any atom is -0.481 e. The molecule has 0 saturated heterocycles. The molecule has 2 rings (SSSR count). The molecule has 0 radical (unpaired) electrons. The number of carbonyl (C=O) groups excluding carboxylic acids is 1. The minimum atomic E-state index is -1.04. The Balaban J connectivity index is 2.13. The maximum absolute atomic E-state index is 11.6. The Labute approximate surface area is 121 Å². The molecule has 7 heteroatoms. The van der Waals surface area contributed by atoms with Gasteiger partial charge in [0.2, 0.25) is 6.79 Å². The van der Waals surface area contributed by atoms with Crippen LogP contribution in [-0.4, -0.2) is 30.6 Å². The van der Waals surface area contributed by atoms with Gasteiger partial charge in [0.05, 0.1) is 12.5 Å². The Morgan fingerprint density at radius 1 is 1.43 bits per heavy atom. The Hall–Kier alpha value is -2.70. The van der Waals surface area contributed by atoms with E-state index >= 15 is 0 Å². The molecule has 1 aliphatic rings. The van der Waals surface area contributed by atoms with Gasteiger partial charge in [-0.2, -0.15) is 0 Å². The summed E-state index contributed by atoms with van der Waals surface area (Å²) in [6.45, 7) is 3.60. The lowest BCUT2D eigenvalue weighted by molar-refractivity contribution is -0.137. The summed E-state index contributed by atoms with van der Waals surface area (Å²) < 4.78 is 15.2. The molecular weight excluding hydrogens is 278 g/mol. The van der Waals surface area contributed by atoms with E-state index < -0.39 is 18.1 Å². The van der Waals surface area contributed by atoms with Gasteiger partial charge in [0.15, 0.2) is 11.5 Å². The first-order valence-corrected chi connectivity index (χ1v) is 6.25. The van der Waals surface area contributed by atoms with Gasteiger partial charge in [0.1, 0.15) is 6.61 Å². The van der Waals surface area contributed by atoms with Gasteiger partial charge in [0, 0.05) is 0 Å². The van der Waals surface area contributed by atoms with Crippen LogP contribution >= 0.6 is 0 Å². The van der Waals surface area contributed by atoms with Crippen molar-refractivity contribution < 1.29 is 28.9 Å². The number of carboxylic acid groups (broad SMARTS) is 1. The topological polar surface area (TPSA) is 94.1 Å². The Morgan fingerprint density at radius 2 is 2.19 bits per heavy atom. The highest BCUT2D eigenvalue weighted by Gasteiger charge is 2.22. The number of carbonyl (C=O) groups is 2. The van der Waals surface area contributed by atoms with Crippen molar-refractivity contribution in [2.75, 3.05) is 13.4 Å². The molecule has 0 saturated carbocycles. The minimum absolute atomic E-state index is 0.0484. The fourth-order valence-corrected chi connectivity index (χ4v) is 1.88. The molecule has 1 aromatic carbocycles. The molecule has 1 heterocycles. The van der Waals surface area contributed by atoms with Gasteiger partial charge in [-0.3, -0.25) is 4.79 Å². The maximum Gasteiger partial charge on any atom is 0.407 e. The highest BCUT2D eigenvalue weighted by atomic mass is 16.7. The molecule has 0 unspecified atom stereocenters. The number of nitrogens with one attached hydrogen (secondary N) is 1. The summed E-state index contributed by atoms with van der Waals surface area (Å²) in [5.41, 5.74) is 0.595. The van der Waals surface area contributed by atoms with Gasteiger partial charge in [-0.25, -0.2) is 4.79 Å². The second-order valence-electron chi connectivity index (χ2n) is 4.29. The lowest BCUT2D eigenvalue weighted by Crippen LogP contribution is -2.30. The molecular formula is C14H15NO6. The second-order valence-corrected chi connectivity index (χ2v) is 4.29. The average Bonchev–Trinajstić information content (AvgIpc) is 2.91. The first kappa shape index (κ1) is 14.7. The molecule has 7 nitrogen and oxygen atoms in total. The number of carboxylic acids is 1. The van der Waals surface area contributed by atoms with Crippen LogP contribution in [-0.2, 0) is 9.53 Å². The molecule has 1 aromatic rings. The van der Waals surface area contributed by atoms with Gasteiger partial charge in [-0.1, -0.05) is 18.7 Å². The van der Waals surface area contributed by atoms with Crippen molar-refractivity contribution in [3.05, 3.63) is 36.4 Å². The third-order valence-electron chi connectivity index (χ3n) is 2.80. The molecule has 1 amide bonds. The third kappa shape index (κ3) is 3.88. The third-order valence-corrected chi connectivity index (χ3v) is 2.80. The summed E-state index contributed by atoms with van der Waals surface area (Å²) in [5, 5.41) is 11.5. The van der Waals surface area contributed by atoms with Crippen molar-refractivity contribution in [1.29, 1.82) is 0 Å². The van der Waals surface area contributed by atoms with Crippen LogP contribution in [0, 0.1) is 0 Å². The standard InChI is InChI=1S/C14H15NO6/c1-2-5-19-14(18)15-10(7-13(16)17)9-3-4-11-12(6-9)21-8-20-11/h2-4,6,10H,1,5,7-8H2,(H,15,18)(H,16,17)/t10-/m0/s1. The van der Waals surface area contributed by atoms with Crippen molar-refractivity contribution in [3.63, 3.8) is 0 Å². The Morgan fingerprint density at radius 3 is 2.90 bits per heavy atom. The second kappa shape index (κ2) is 6.65. The first-order chi connectivity index (χ1) is 10.1. The summed E-state index contributed by atoms with van der Waals surface area (Å²) in [4.78, 5) is 22.5. The van der Waals surface area contributed by atoms with Crippen LogP contribution in [0.1, 0.15) is 18.0 Å². The zero-order valence-corrected chi connectivity index (χ0v) is 11.2. The fourth-order valence-electron chi connectivity index (χ4n) is 1.88. The van der Waals surface area contributed by atoms with E-state index in [1.165, 1.54) is 6.08 Å². The predicted molar refractivity (Wildman–Crippen MR) is 72.2 cm³/mol. The monoisotopic (exact) mass is 293 g/mol. The molecule has 1 aliphatic heterocycles. The van der Waals surface area contributed by atoms with E-state index in [1.54, 1.807) is 18.2 Å². The van der Waals surface area contributed by atoms with Crippen LogP contribution in [0.4, 0.5) is 4.79 Å². The molecule has 0 aromatic heterocycles. The lowest BCUT2D eigenvalue weighted by Gasteiger charge is -2.17. The van der Waals surface area contributed by atoms with Crippen molar-refractivity contribution in [3.8, 4) is 11.5 Å². The fraction of sp³-hybridized carbons (Fsp3) is 0.286. The summed E-state index contributed by atoms with van der Waals surface area (Å²) in [6.07, 6.45) is 0.439. The number of hydrogen-bond donors (Lipinski definition) is 2. The number of alkyl carbamates (subject to hydrolysis) is 1. The smallest absolute Gasteiger partial charge is 0.407 e. The summed E-state index contributed by atoms with van der Waals surface area (Å²) in [5.74, 6) is 0.0629. The number of hydrogen-bond acceptors (Lipinski definition) is 5. The number of aliphatic carboxylic acids is 1. The van der Waals surface area contributed by atoms with Gasteiger partial charge in [-0.15, -0.1) is 0 Å². The van der Waals surface area contributed by atoms with Gasteiger partial charge in [0.25, 0.3) is 0 Å². The molecule has 1 atom stereocenters. The van der Waals surface area contributed by atoms with Crippen LogP contribution in [0.15, 0.2) is 30.9 Å². The van der Waals surface area contributed by atoms with Crippen molar-refractivity contribution in [1.82, 2.24) is 5.32 Å². The molecule has 0 bridgehead atoms. The molecule has 0 fully saturated rings. The van der Waals surface area contributed by atoms with Crippen LogP contribution in [0.5, 0.6) is 11.5 Å². The SMILES string of the molecule is C=CCOC(=O)N[C@@H](CC(=O)O)c1ccc2c(c1)OCO2. The number of rotatable bonds is 6. The van der Waals surface area contributed by atoms with Crippen molar-refractivity contribution >= 4 is 12.1 Å². The van der Waals surface area contributed by atoms with Gasteiger partial charge >= 0.3 is 12.1 Å². The first-order valence-electron chi connectivity index (χ1n) is 6.25. The number of ether oxygens (including phenoxy) is 3. The molecule has 2 N–H and O–H groups in total. The van der Waals surface area contributed by atoms with E-state index in [0.29, 0.717) is 17.1 Å². The maximum atomic E-state index is 11.6. The zero-order chi connectivity index (χ0) is 15.2. The van der Waals surface area contributed by atoms with Gasteiger partial charge < -0.3 is 24.6 Å². The molecule has 112 valence electrons. The number of amides is 1. The lowest BCUT2D eigenvalue weighted by atomic mass is 10.0. The van der Waals surface area contributed by atoms with E-state index in [2.05, 4.69) is 11.9 Å². The molecule has 0 spiro atoms. The Bertz CT molecular complexity index is 556. The largest absolute Gasteiger partial charge is 0.481 e. The van der Waals surface area contributed by atoms with Crippen LogP contribution in [0.25, 0.3) is 0 Å². The van der Waals surface area contributed by atoms with Gasteiger partial charge in [-0.05, 0) is 17.7 Å². The van der Waals surface area contributed by atoms with Crippen molar-refractivity contribution in [2.45, 2.75) is 12.5 Å². The van der Waals surface area contributed by atoms with Crippen LogP contribution in [0.2, 0.25) is 0 Å². The van der Waals surface area contributed by atoms with E-state index in [0.717, 1.165) is 0 Å². The average molecular weight is 293 g/mol. The summed E-state index contributed by atoms with van der Waals surface area (Å²) in [6, 6.07) is 4.26. The molecule has 21 heavy (non-hydrogen) atoms. The number of benzene rings is 1. The van der Waals surface area contributed by atoms with E-state index in [-0.39, 0.29) is 19.8 Å². The quantitative estimate of drug-likeness (QED) is 0.777. The number of fused-ring (bicyclic) bond motifs is 1. The van der Waals surface area contributed by atoms with Crippen LogP contribution in [0.3, 0.4) is 0 Å². The Kier molecular flexibility index (Phi) is 4.65. The van der Waals surface area contributed by atoms with E-state index in [1.807, 2.05) is 0 Å². The highest BCUT2D eigenvalue weighted by molar-refractivity contribution is 5.72. The van der Waals surface area contributed by atoms with E-state index in [4.69, 9.17) is 19.3 Å². The highest BCUT2D eigenvalue weighted by Crippen LogP contribution is 2.34. The van der Waals surface area contributed by atoms with E-state index in [9.17, 15) is 9.59 Å².